The highest BCUT2D eigenvalue weighted by Gasteiger charge is 1.99. The van der Waals surface area contributed by atoms with Gasteiger partial charge in [0.15, 0.2) is 6.19 Å². The number of hydrogen-bond acceptors (Lipinski definition) is 2. The monoisotopic (exact) mass is 213 g/mol. The number of aromatic amines is 1. The summed E-state index contributed by atoms with van der Waals surface area (Å²) in [5.74, 6) is 0.0918. The summed E-state index contributed by atoms with van der Waals surface area (Å²) in [4.78, 5) is 7.27. The van der Waals surface area contributed by atoms with Crippen LogP contribution in [-0.2, 0) is 0 Å². The minimum atomic E-state index is 0.0918. The number of fused-ring (bicyclic) bond motifs is 1. The minimum absolute atomic E-state index is 0.0918. The summed E-state index contributed by atoms with van der Waals surface area (Å²) in [5, 5.41) is 11.7. The van der Waals surface area contributed by atoms with E-state index in [1.807, 2.05) is 31.2 Å². The predicted octanol–water partition coefficient (Wildman–Crippen LogP) is 1.49. The number of aryl methyl sites for hydroxylation is 1. The van der Waals surface area contributed by atoms with Gasteiger partial charge in [-0.1, -0.05) is 0 Å². The van der Waals surface area contributed by atoms with E-state index in [9.17, 15) is 0 Å². The van der Waals surface area contributed by atoms with Crippen LogP contribution in [0.2, 0.25) is 0 Å². The number of aliphatic imine (C=N–C) groups is 1. The Morgan fingerprint density at radius 1 is 1.50 bits per heavy atom. The molecule has 5 heteroatoms. The van der Waals surface area contributed by atoms with Crippen molar-refractivity contribution in [2.24, 2.45) is 10.7 Å². The van der Waals surface area contributed by atoms with Gasteiger partial charge in [0, 0.05) is 16.6 Å². The van der Waals surface area contributed by atoms with Gasteiger partial charge in [-0.3, -0.25) is 5.32 Å². The van der Waals surface area contributed by atoms with Gasteiger partial charge in [-0.25, -0.2) is 4.99 Å². The predicted molar refractivity (Wildman–Crippen MR) is 63.1 cm³/mol. The Morgan fingerprint density at radius 3 is 3.06 bits per heavy atom. The molecule has 0 radical (unpaired) electrons. The van der Waals surface area contributed by atoms with Gasteiger partial charge in [0.25, 0.3) is 0 Å². The fourth-order valence-corrected chi connectivity index (χ4v) is 1.56. The van der Waals surface area contributed by atoms with E-state index in [1.54, 1.807) is 6.19 Å². The van der Waals surface area contributed by atoms with E-state index in [-0.39, 0.29) is 5.96 Å². The first kappa shape index (κ1) is 10.1. The lowest BCUT2D eigenvalue weighted by Gasteiger charge is -1.97. The van der Waals surface area contributed by atoms with E-state index in [0.717, 1.165) is 16.6 Å². The third-order valence-corrected chi connectivity index (χ3v) is 2.17. The van der Waals surface area contributed by atoms with Crippen molar-refractivity contribution in [2.75, 3.05) is 0 Å². The Morgan fingerprint density at radius 2 is 2.31 bits per heavy atom. The van der Waals surface area contributed by atoms with Crippen LogP contribution in [0.4, 0.5) is 5.69 Å². The zero-order valence-corrected chi connectivity index (χ0v) is 8.78. The molecule has 1 aromatic heterocycles. The molecular formula is C11H11N5. The summed E-state index contributed by atoms with van der Waals surface area (Å²) in [7, 11) is 0. The Labute approximate surface area is 92.6 Å². The van der Waals surface area contributed by atoms with Crippen LogP contribution in [0.15, 0.2) is 29.3 Å². The van der Waals surface area contributed by atoms with Gasteiger partial charge in [0.05, 0.1) is 5.69 Å². The lowest BCUT2D eigenvalue weighted by molar-refractivity contribution is 1.22. The maximum absolute atomic E-state index is 8.36. The smallest absolute Gasteiger partial charge is 0.207 e. The van der Waals surface area contributed by atoms with Crippen molar-refractivity contribution in [3.8, 4) is 6.19 Å². The maximum atomic E-state index is 8.36. The SMILES string of the molecule is Cc1cc2cc(N=C(N)NC#N)ccc2[nH]1. The lowest BCUT2D eigenvalue weighted by atomic mass is 10.2. The van der Waals surface area contributed by atoms with Crippen LogP contribution >= 0.6 is 0 Å². The summed E-state index contributed by atoms with van der Waals surface area (Å²) in [5.41, 5.74) is 8.34. The molecule has 0 saturated carbocycles. The molecule has 5 nitrogen and oxygen atoms in total. The van der Waals surface area contributed by atoms with Gasteiger partial charge in [-0.05, 0) is 31.2 Å². The molecule has 0 aliphatic carbocycles. The average Bonchev–Trinajstić information content (AvgIpc) is 2.57. The lowest BCUT2D eigenvalue weighted by Crippen LogP contribution is -2.26. The number of hydrogen-bond donors (Lipinski definition) is 3. The number of aromatic nitrogens is 1. The number of nitrogens with one attached hydrogen (secondary N) is 2. The Bertz CT molecular complexity index is 588. The average molecular weight is 213 g/mol. The van der Waals surface area contributed by atoms with E-state index < -0.39 is 0 Å². The fraction of sp³-hybridized carbons (Fsp3) is 0.0909. The first-order valence-corrected chi connectivity index (χ1v) is 4.77. The third kappa shape index (κ3) is 1.96. The number of guanidine groups is 1. The Balaban J connectivity index is 2.40. The van der Waals surface area contributed by atoms with E-state index in [0.29, 0.717) is 5.69 Å². The molecular weight excluding hydrogens is 202 g/mol. The topological polar surface area (TPSA) is 90.0 Å². The van der Waals surface area contributed by atoms with E-state index in [4.69, 9.17) is 11.0 Å². The summed E-state index contributed by atoms with van der Waals surface area (Å²) in [6.45, 7) is 1.99. The maximum Gasteiger partial charge on any atom is 0.207 e. The molecule has 80 valence electrons. The van der Waals surface area contributed by atoms with Crippen LogP contribution < -0.4 is 11.1 Å². The zero-order valence-electron chi connectivity index (χ0n) is 8.78. The van der Waals surface area contributed by atoms with Crippen molar-refractivity contribution in [1.29, 1.82) is 5.26 Å². The van der Waals surface area contributed by atoms with Crippen LogP contribution in [0.3, 0.4) is 0 Å². The number of nitrogens with zero attached hydrogens (tertiary/aromatic N) is 2. The molecule has 4 N–H and O–H groups in total. The Kier molecular flexibility index (Phi) is 2.48. The molecule has 0 aliphatic heterocycles. The standard InChI is InChI=1S/C11H11N5/c1-7-4-8-5-9(2-3-10(8)15-7)16-11(13)14-6-12/h2-5,15H,1H3,(H3,13,14,16). The molecule has 1 heterocycles. The van der Waals surface area contributed by atoms with Gasteiger partial charge < -0.3 is 10.7 Å². The van der Waals surface area contributed by atoms with Gasteiger partial charge in [-0.15, -0.1) is 0 Å². The van der Waals surface area contributed by atoms with Crippen molar-refractivity contribution < 1.29 is 0 Å². The molecule has 0 unspecified atom stereocenters. The number of nitrogens with two attached hydrogens (primary N) is 1. The first-order chi connectivity index (χ1) is 7.69. The highest BCUT2D eigenvalue weighted by molar-refractivity contribution is 5.86. The van der Waals surface area contributed by atoms with Crippen LogP contribution in [0, 0.1) is 18.4 Å². The largest absolute Gasteiger partial charge is 0.369 e. The summed E-state index contributed by atoms with van der Waals surface area (Å²) < 4.78 is 0. The van der Waals surface area contributed by atoms with Crippen LogP contribution in [-0.4, -0.2) is 10.9 Å². The normalized spacial score (nSPS) is 11.4. The van der Waals surface area contributed by atoms with Crippen molar-refractivity contribution in [1.82, 2.24) is 10.3 Å². The Hall–Kier alpha value is -2.48. The summed E-state index contributed by atoms with van der Waals surface area (Å²) in [6, 6.07) is 7.71. The molecule has 2 rings (SSSR count). The third-order valence-electron chi connectivity index (χ3n) is 2.17. The first-order valence-electron chi connectivity index (χ1n) is 4.77. The van der Waals surface area contributed by atoms with Crippen LogP contribution in [0.1, 0.15) is 5.69 Å². The molecule has 0 aliphatic rings. The van der Waals surface area contributed by atoms with E-state index in [2.05, 4.69) is 15.3 Å². The quantitative estimate of drug-likeness (QED) is 0.290. The van der Waals surface area contributed by atoms with Crippen molar-refractivity contribution in [2.45, 2.75) is 6.92 Å². The minimum Gasteiger partial charge on any atom is -0.369 e. The molecule has 0 spiro atoms. The van der Waals surface area contributed by atoms with Gasteiger partial charge >= 0.3 is 0 Å². The van der Waals surface area contributed by atoms with Gasteiger partial charge in [0.1, 0.15) is 0 Å². The molecule has 0 bridgehead atoms. The van der Waals surface area contributed by atoms with Crippen molar-refractivity contribution in [3.63, 3.8) is 0 Å². The van der Waals surface area contributed by atoms with Crippen molar-refractivity contribution >= 4 is 22.5 Å². The van der Waals surface area contributed by atoms with Gasteiger partial charge in [0.2, 0.25) is 5.96 Å². The molecule has 2 aromatic rings. The molecule has 16 heavy (non-hydrogen) atoms. The highest BCUT2D eigenvalue weighted by Crippen LogP contribution is 2.21. The molecule has 0 atom stereocenters. The number of H-pyrrole nitrogens is 1. The summed E-state index contributed by atoms with van der Waals surface area (Å²) in [6.07, 6.45) is 1.72. The number of benzene rings is 1. The molecule has 0 saturated heterocycles. The highest BCUT2D eigenvalue weighted by atomic mass is 15.1. The molecule has 1 aromatic carbocycles. The second-order valence-electron chi connectivity index (χ2n) is 3.46. The number of rotatable bonds is 1. The van der Waals surface area contributed by atoms with E-state index >= 15 is 0 Å². The zero-order chi connectivity index (χ0) is 11.5. The van der Waals surface area contributed by atoms with Crippen LogP contribution in [0.25, 0.3) is 10.9 Å². The number of nitriles is 1. The van der Waals surface area contributed by atoms with Gasteiger partial charge in [-0.2, -0.15) is 5.26 Å². The second kappa shape index (κ2) is 3.95. The van der Waals surface area contributed by atoms with E-state index in [1.165, 1.54) is 0 Å². The molecule has 0 fully saturated rings. The molecule has 0 amide bonds. The van der Waals surface area contributed by atoms with Crippen molar-refractivity contribution in [3.05, 3.63) is 30.0 Å². The second-order valence-corrected chi connectivity index (χ2v) is 3.46. The summed E-state index contributed by atoms with van der Waals surface area (Å²) >= 11 is 0. The fourth-order valence-electron chi connectivity index (χ4n) is 1.56. The van der Waals surface area contributed by atoms with Crippen LogP contribution in [0.5, 0.6) is 0 Å².